The van der Waals surface area contributed by atoms with E-state index in [-0.39, 0.29) is 5.56 Å². The highest BCUT2D eigenvalue weighted by Crippen LogP contribution is 2.47. The Labute approximate surface area is 161 Å². The summed E-state index contributed by atoms with van der Waals surface area (Å²) in [4.78, 5) is 17.1. The number of nitrogens with zero attached hydrogens (tertiary/aromatic N) is 2. The standard InChI is InChI=1S/C20H22BrFN2O2/c1-3-23(4-2)11-12-24-17-10-6-9-16(21)18(17)20(26,19(24)25)14-7-5-8-15(22)13-14/h5-10,13,26H,3-4,11-12H2,1-2H3. The zero-order valence-electron chi connectivity index (χ0n) is 14.9. The van der Waals surface area contributed by atoms with E-state index in [4.69, 9.17) is 0 Å². The monoisotopic (exact) mass is 420 g/mol. The zero-order chi connectivity index (χ0) is 18.9. The van der Waals surface area contributed by atoms with E-state index in [1.165, 1.54) is 18.2 Å². The van der Waals surface area contributed by atoms with E-state index in [1.54, 1.807) is 17.0 Å². The van der Waals surface area contributed by atoms with Crippen molar-refractivity contribution in [3.63, 3.8) is 0 Å². The summed E-state index contributed by atoms with van der Waals surface area (Å²) in [6.45, 7) is 7.08. The van der Waals surface area contributed by atoms with E-state index in [2.05, 4.69) is 34.7 Å². The van der Waals surface area contributed by atoms with Crippen LogP contribution in [0.3, 0.4) is 0 Å². The van der Waals surface area contributed by atoms with E-state index >= 15 is 0 Å². The Balaban J connectivity index is 2.07. The molecular weight excluding hydrogens is 399 g/mol. The van der Waals surface area contributed by atoms with Crippen molar-refractivity contribution in [2.24, 2.45) is 0 Å². The number of carbonyl (C=O) groups excluding carboxylic acids is 1. The first kappa shape index (κ1) is 19.0. The van der Waals surface area contributed by atoms with Gasteiger partial charge in [0.05, 0.1) is 5.69 Å². The van der Waals surface area contributed by atoms with Gasteiger partial charge in [-0.15, -0.1) is 0 Å². The number of likely N-dealkylation sites (N-methyl/N-ethyl adjacent to an activating group) is 1. The van der Waals surface area contributed by atoms with E-state index < -0.39 is 17.3 Å². The molecule has 0 spiro atoms. The fourth-order valence-corrected chi connectivity index (χ4v) is 4.13. The minimum atomic E-state index is -1.90. The van der Waals surface area contributed by atoms with E-state index in [0.29, 0.717) is 28.8 Å². The van der Waals surface area contributed by atoms with Crippen molar-refractivity contribution in [3.05, 3.63) is 63.9 Å². The molecule has 26 heavy (non-hydrogen) atoms. The number of carbonyl (C=O) groups is 1. The van der Waals surface area contributed by atoms with Gasteiger partial charge in [0.1, 0.15) is 5.82 Å². The van der Waals surface area contributed by atoms with Crippen LogP contribution in [-0.4, -0.2) is 42.1 Å². The molecule has 0 saturated carbocycles. The predicted octanol–water partition coefficient (Wildman–Crippen LogP) is 3.51. The van der Waals surface area contributed by atoms with Gasteiger partial charge in [0, 0.05) is 28.7 Å². The molecule has 0 radical (unpaired) electrons. The normalized spacial score (nSPS) is 19.3. The SMILES string of the molecule is CCN(CC)CCN1C(=O)C(O)(c2cccc(F)c2)c2c(Br)cccc21. The third-order valence-electron chi connectivity index (χ3n) is 4.98. The van der Waals surface area contributed by atoms with Gasteiger partial charge in [-0.25, -0.2) is 4.39 Å². The van der Waals surface area contributed by atoms with Gasteiger partial charge in [-0.05, 0) is 37.4 Å². The van der Waals surface area contributed by atoms with Gasteiger partial charge in [-0.3, -0.25) is 4.79 Å². The molecule has 6 heteroatoms. The van der Waals surface area contributed by atoms with Gasteiger partial charge >= 0.3 is 0 Å². The molecule has 2 aromatic rings. The Morgan fingerprint density at radius 2 is 1.88 bits per heavy atom. The minimum absolute atomic E-state index is 0.237. The Morgan fingerprint density at radius 1 is 1.19 bits per heavy atom. The first-order chi connectivity index (χ1) is 12.4. The quantitative estimate of drug-likeness (QED) is 0.777. The number of anilines is 1. The van der Waals surface area contributed by atoms with Gasteiger partial charge in [0.15, 0.2) is 5.60 Å². The zero-order valence-corrected chi connectivity index (χ0v) is 16.5. The lowest BCUT2D eigenvalue weighted by Crippen LogP contribution is -2.44. The molecule has 0 saturated heterocycles. The molecule has 1 unspecified atom stereocenters. The number of halogens is 2. The number of rotatable bonds is 6. The molecule has 1 aliphatic heterocycles. The number of fused-ring (bicyclic) bond motifs is 1. The Kier molecular flexibility index (Phi) is 5.46. The largest absolute Gasteiger partial charge is 0.372 e. The van der Waals surface area contributed by atoms with Crippen LogP contribution in [0.15, 0.2) is 46.9 Å². The van der Waals surface area contributed by atoms with E-state index in [1.807, 2.05) is 12.1 Å². The maximum atomic E-state index is 13.8. The summed E-state index contributed by atoms with van der Waals surface area (Å²) in [5.74, 6) is -0.934. The van der Waals surface area contributed by atoms with Crippen LogP contribution in [0.5, 0.6) is 0 Å². The molecule has 0 aliphatic carbocycles. The topological polar surface area (TPSA) is 43.8 Å². The van der Waals surface area contributed by atoms with Gasteiger partial charge in [-0.2, -0.15) is 0 Å². The van der Waals surface area contributed by atoms with Crippen molar-refractivity contribution in [1.29, 1.82) is 0 Å². The second-order valence-electron chi connectivity index (χ2n) is 6.34. The van der Waals surface area contributed by atoms with Gasteiger partial charge in [0.25, 0.3) is 5.91 Å². The predicted molar refractivity (Wildman–Crippen MR) is 104 cm³/mol. The lowest BCUT2D eigenvalue weighted by molar-refractivity contribution is -0.132. The Bertz CT molecular complexity index is 825. The van der Waals surface area contributed by atoms with Crippen LogP contribution in [0.4, 0.5) is 10.1 Å². The van der Waals surface area contributed by atoms with Crippen molar-refractivity contribution in [2.45, 2.75) is 19.4 Å². The third kappa shape index (κ3) is 3.06. The van der Waals surface area contributed by atoms with Crippen LogP contribution in [0.1, 0.15) is 25.0 Å². The first-order valence-corrected chi connectivity index (χ1v) is 9.54. The Hall–Kier alpha value is -1.76. The molecule has 1 N–H and O–H groups in total. The lowest BCUT2D eigenvalue weighted by Gasteiger charge is -2.26. The number of benzene rings is 2. The van der Waals surface area contributed by atoms with Gasteiger partial charge in [0.2, 0.25) is 0 Å². The van der Waals surface area contributed by atoms with Crippen molar-refractivity contribution >= 4 is 27.5 Å². The van der Waals surface area contributed by atoms with Crippen LogP contribution in [0.2, 0.25) is 0 Å². The summed E-state index contributed by atoms with van der Waals surface area (Å²) in [6, 6.07) is 11.0. The summed E-state index contributed by atoms with van der Waals surface area (Å²) in [7, 11) is 0. The minimum Gasteiger partial charge on any atom is -0.372 e. The summed E-state index contributed by atoms with van der Waals surface area (Å²) in [5, 5.41) is 11.4. The fraction of sp³-hybridized carbons (Fsp3) is 0.350. The molecular formula is C20H22BrFN2O2. The lowest BCUT2D eigenvalue weighted by atomic mass is 9.87. The summed E-state index contributed by atoms with van der Waals surface area (Å²) < 4.78 is 14.4. The number of hydrogen-bond donors (Lipinski definition) is 1. The molecule has 1 amide bonds. The molecule has 1 atom stereocenters. The highest BCUT2D eigenvalue weighted by atomic mass is 79.9. The molecule has 3 rings (SSSR count). The summed E-state index contributed by atoms with van der Waals surface area (Å²) in [5.41, 5.74) is -0.541. The molecule has 0 fully saturated rings. The van der Waals surface area contributed by atoms with Crippen LogP contribution in [0, 0.1) is 5.82 Å². The second-order valence-corrected chi connectivity index (χ2v) is 7.19. The van der Waals surface area contributed by atoms with Gasteiger partial charge < -0.3 is 14.9 Å². The van der Waals surface area contributed by atoms with E-state index in [9.17, 15) is 14.3 Å². The third-order valence-corrected chi connectivity index (χ3v) is 5.64. The first-order valence-electron chi connectivity index (χ1n) is 8.75. The van der Waals surface area contributed by atoms with Crippen molar-refractivity contribution in [2.75, 3.05) is 31.1 Å². The maximum absolute atomic E-state index is 13.8. The summed E-state index contributed by atoms with van der Waals surface area (Å²) in [6.07, 6.45) is 0. The van der Waals surface area contributed by atoms with Crippen molar-refractivity contribution in [3.8, 4) is 0 Å². The highest BCUT2D eigenvalue weighted by Gasteiger charge is 2.52. The second kappa shape index (κ2) is 7.47. The summed E-state index contributed by atoms with van der Waals surface area (Å²) >= 11 is 3.46. The number of hydrogen-bond acceptors (Lipinski definition) is 3. The van der Waals surface area contributed by atoms with Crippen molar-refractivity contribution < 1.29 is 14.3 Å². The van der Waals surface area contributed by atoms with E-state index in [0.717, 1.165) is 13.1 Å². The van der Waals surface area contributed by atoms with Crippen molar-refractivity contribution in [1.82, 2.24) is 4.90 Å². The average molecular weight is 421 g/mol. The number of aliphatic hydroxyl groups is 1. The molecule has 1 aliphatic rings. The van der Waals surface area contributed by atoms with Crippen LogP contribution < -0.4 is 4.90 Å². The van der Waals surface area contributed by atoms with Crippen LogP contribution in [-0.2, 0) is 10.4 Å². The fourth-order valence-electron chi connectivity index (χ4n) is 3.49. The average Bonchev–Trinajstić information content (AvgIpc) is 2.86. The molecule has 0 bridgehead atoms. The number of amides is 1. The van der Waals surface area contributed by atoms with Gasteiger partial charge in [-0.1, -0.05) is 48.0 Å². The molecule has 1 heterocycles. The smallest absolute Gasteiger partial charge is 0.268 e. The Morgan fingerprint density at radius 3 is 2.54 bits per heavy atom. The molecule has 0 aromatic heterocycles. The highest BCUT2D eigenvalue weighted by molar-refractivity contribution is 9.10. The maximum Gasteiger partial charge on any atom is 0.268 e. The van der Waals surface area contributed by atoms with Crippen LogP contribution >= 0.6 is 15.9 Å². The molecule has 4 nitrogen and oxygen atoms in total. The molecule has 2 aromatic carbocycles. The van der Waals surface area contributed by atoms with Crippen LogP contribution in [0.25, 0.3) is 0 Å². The molecule has 138 valence electrons.